The molecule has 1 aromatic heterocycles. The van der Waals surface area contributed by atoms with E-state index >= 15 is 0 Å². The fourth-order valence-corrected chi connectivity index (χ4v) is 4.07. The lowest BCUT2D eigenvalue weighted by atomic mass is 10.2. The average molecular weight is 330 g/mol. The summed E-state index contributed by atoms with van der Waals surface area (Å²) in [5, 5.41) is 3.63. The Kier molecular flexibility index (Phi) is 4.67. The van der Waals surface area contributed by atoms with Crippen LogP contribution in [0.25, 0.3) is 11.3 Å². The molecule has 3 rings (SSSR count). The van der Waals surface area contributed by atoms with Gasteiger partial charge in [0.25, 0.3) is 0 Å². The summed E-state index contributed by atoms with van der Waals surface area (Å²) < 4.78 is 31.9. The van der Waals surface area contributed by atoms with Crippen LogP contribution in [0, 0.1) is 0 Å². The summed E-state index contributed by atoms with van der Waals surface area (Å²) in [5.41, 5.74) is 6.32. The molecule has 2 N–H and O–H groups in total. The van der Waals surface area contributed by atoms with E-state index in [2.05, 4.69) is 5.16 Å². The van der Waals surface area contributed by atoms with E-state index in [9.17, 15) is 8.42 Å². The lowest BCUT2D eigenvalue weighted by Crippen LogP contribution is -2.32. The van der Waals surface area contributed by atoms with Gasteiger partial charge in [-0.2, -0.15) is 4.31 Å². The van der Waals surface area contributed by atoms with Gasteiger partial charge in [-0.3, -0.25) is 0 Å². The zero-order chi connectivity index (χ0) is 14.2. The zero-order valence-corrected chi connectivity index (χ0v) is 12.8. The SMILES string of the molecule is Cl.N[C@@H]1CCN(S(=O)(=O)c2ccccc2-c2ccno2)C1. The summed E-state index contributed by atoms with van der Waals surface area (Å²) in [5.74, 6) is 0.438. The van der Waals surface area contributed by atoms with Crippen molar-refractivity contribution in [3.05, 3.63) is 36.5 Å². The van der Waals surface area contributed by atoms with Gasteiger partial charge >= 0.3 is 0 Å². The van der Waals surface area contributed by atoms with Gasteiger partial charge in [-0.05, 0) is 18.6 Å². The van der Waals surface area contributed by atoms with Crippen LogP contribution in [0.4, 0.5) is 0 Å². The predicted molar refractivity (Wildman–Crippen MR) is 80.5 cm³/mol. The minimum Gasteiger partial charge on any atom is -0.356 e. The maximum atomic E-state index is 12.7. The van der Waals surface area contributed by atoms with Crippen molar-refractivity contribution >= 4 is 22.4 Å². The molecule has 1 atom stereocenters. The second-order valence-electron chi connectivity index (χ2n) is 4.78. The standard InChI is InChI=1S/C13H15N3O3S.ClH/c14-10-6-8-16(9-10)20(17,18)13-4-2-1-3-11(13)12-5-7-15-19-12;/h1-5,7,10H,6,8-9,14H2;1H/t10-;/m1./s1. The summed E-state index contributed by atoms with van der Waals surface area (Å²) in [6.45, 7) is 0.807. The fourth-order valence-electron chi connectivity index (χ4n) is 2.36. The molecule has 1 saturated heterocycles. The van der Waals surface area contributed by atoms with Gasteiger partial charge in [0.2, 0.25) is 10.0 Å². The van der Waals surface area contributed by atoms with Crippen LogP contribution < -0.4 is 5.73 Å². The Hall–Kier alpha value is -1.41. The first-order valence-corrected chi connectivity index (χ1v) is 7.79. The van der Waals surface area contributed by atoms with Crippen molar-refractivity contribution in [2.24, 2.45) is 5.73 Å². The quantitative estimate of drug-likeness (QED) is 0.921. The number of nitrogens with zero attached hydrogens (tertiary/aromatic N) is 2. The van der Waals surface area contributed by atoms with Crippen molar-refractivity contribution in [2.75, 3.05) is 13.1 Å². The summed E-state index contributed by atoms with van der Waals surface area (Å²) in [6.07, 6.45) is 2.17. The van der Waals surface area contributed by atoms with Crippen LogP contribution in [0.2, 0.25) is 0 Å². The monoisotopic (exact) mass is 329 g/mol. The van der Waals surface area contributed by atoms with Crippen LogP contribution >= 0.6 is 12.4 Å². The van der Waals surface area contributed by atoms with Gasteiger partial charge < -0.3 is 10.3 Å². The Morgan fingerprint density at radius 2 is 2.05 bits per heavy atom. The minimum atomic E-state index is -3.56. The number of nitrogens with two attached hydrogens (primary N) is 1. The molecule has 1 aromatic carbocycles. The topological polar surface area (TPSA) is 89.4 Å². The van der Waals surface area contributed by atoms with Crippen molar-refractivity contribution in [3.63, 3.8) is 0 Å². The maximum Gasteiger partial charge on any atom is 0.243 e. The molecule has 114 valence electrons. The summed E-state index contributed by atoms with van der Waals surface area (Å²) in [6, 6.07) is 8.31. The van der Waals surface area contributed by atoms with E-state index in [1.54, 1.807) is 30.3 Å². The molecule has 0 saturated carbocycles. The first-order chi connectivity index (χ1) is 9.59. The van der Waals surface area contributed by atoms with Crippen molar-refractivity contribution in [2.45, 2.75) is 17.4 Å². The van der Waals surface area contributed by atoms with Crippen LogP contribution in [-0.4, -0.2) is 37.0 Å². The van der Waals surface area contributed by atoms with E-state index < -0.39 is 10.0 Å². The number of hydrogen-bond donors (Lipinski definition) is 1. The third-order valence-electron chi connectivity index (χ3n) is 3.40. The Morgan fingerprint density at radius 3 is 2.67 bits per heavy atom. The summed E-state index contributed by atoms with van der Waals surface area (Å²) in [7, 11) is -3.56. The molecule has 21 heavy (non-hydrogen) atoms. The molecule has 1 aliphatic rings. The van der Waals surface area contributed by atoms with Crippen LogP contribution in [0.5, 0.6) is 0 Å². The van der Waals surface area contributed by atoms with Gasteiger partial charge in [0, 0.05) is 30.8 Å². The summed E-state index contributed by atoms with van der Waals surface area (Å²) >= 11 is 0. The van der Waals surface area contributed by atoms with Gasteiger partial charge in [0.15, 0.2) is 5.76 Å². The van der Waals surface area contributed by atoms with E-state index in [1.165, 1.54) is 10.5 Å². The van der Waals surface area contributed by atoms with Crippen molar-refractivity contribution in [1.82, 2.24) is 9.46 Å². The lowest BCUT2D eigenvalue weighted by Gasteiger charge is -2.17. The Bertz CT molecular complexity index is 703. The lowest BCUT2D eigenvalue weighted by molar-refractivity contribution is 0.430. The highest BCUT2D eigenvalue weighted by atomic mass is 35.5. The Morgan fingerprint density at radius 1 is 1.29 bits per heavy atom. The number of rotatable bonds is 3. The highest BCUT2D eigenvalue weighted by Gasteiger charge is 2.32. The summed E-state index contributed by atoms with van der Waals surface area (Å²) in [4.78, 5) is 0.228. The van der Waals surface area contributed by atoms with Gasteiger partial charge in [0.05, 0.1) is 11.1 Å². The second-order valence-corrected chi connectivity index (χ2v) is 6.69. The molecule has 2 aromatic rings. The van der Waals surface area contributed by atoms with Gasteiger partial charge in [-0.1, -0.05) is 17.3 Å². The van der Waals surface area contributed by atoms with E-state index in [1.807, 2.05) is 0 Å². The van der Waals surface area contributed by atoms with Crippen LogP contribution in [0.3, 0.4) is 0 Å². The Labute approximate surface area is 129 Å². The minimum absolute atomic E-state index is 0. The molecular formula is C13H16ClN3O3S. The molecule has 0 radical (unpaired) electrons. The average Bonchev–Trinajstić information content (AvgIpc) is 3.10. The number of halogens is 1. The van der Waals surface area contributed by atoms with E-state index in [4.69, 9.17) is 10.3 Å². The van der Waals surface area contributed by atoms with Crippen LogP contribution in [-0.2, 0) is 10.0 Å². The molecule has 0 unspecified atom stereocenters. The molecule has 0 amide bonds. The third kappa shape index (κ3) is 2.96. The zero-order valence-electron chi connectivity index (χ0n) is 11.2. The van der Waals surface area contributed by atoms with E-state index in [0.29, 0.717) is 30.8 Å². The molecule has 0 spiro atoms. The number of sulfonamides is 1. The van der Waals surface area contributed by atoms with Gasteiger partial charge in [-0.25, -0.2) is 8.42 Å². The van der Waals surface area contributed by atoms with Gasteiger partial charge in [-0.15, -0.1) is 12.4 Å². The first kappa shape index (κ1) is 16.0. The molecule has 0 bridgehead atoms. The van der Waals surface area contributed by atoms with E-state index in [-0.39, 0.29) is 23.3 Å². The fraction of sp³-hybridized carbons (Fsp3) is 0.308. The molecule has 2 heterocycles. The molecule has 1 aliphatic heterocycles. The molecule has 8 heteroatoms. The molecule has 0 aliphatic carbocycles. The Balaban J connectivity index is 0.00000161. The van der Waals surface area contributed by atoms with Crippen LogP contribution in [0.1, 0.15) is 6.42 Å². The molecule has 1 fully saturated rings. The number of hydrogen-bond acceptors (Lipinski definition) is 5. The van der Waals surface area contributed by atoms with Crippen LogP contribution in [0.15, 0.2) is 45.9 Å². The number of aromatic nitrogens is 1. The smallest absolute Gasteiger partial charge is 0.243 e. The van der Waals surface area contributed by atoms with Crippen molar-refractivity contribution < 1.29 is 12.9 Å². The highest BCUT2D eigenvalue weighted by molar-refractivity contribution is 7.89. The first-order valence-electron chi connectivity index (χ1n) is 6.35. The predicted octanol–water partition coefficient (Wildman–Crippen LogP) is 1.49. The van der Waals surface area contributed by atoms with Crippen molar-refractivity contribution in [1.29, 1.82) is 0 Å². The van der Waals surface area contributed by atoms with Crippen molar-refractivity contribution in [3.8, 4) is 11.3 Å². The largest absolute Gasteiger partial charge is 0.356 e. The number of benzene rings is 1. The maximum absolute atomic E-state index is 12.7. The van der Waals surface area contributed by atoms with E-state index in [0.717, 1.165) is 0 Å². The molecule has 6 nitrogen and oxygen atoms in total. The van der Waals surface area contributed by atoms with Gasteiger partial charge in [0.1, 0.15) is 0 Å². The third-order valence-corrected chi connectivity index (χ3v) is 5.32. The highest BCUT2D eigenvalue weighted by Crippen LogP contribution is 2.30. The second kappa shape index (κ2) is 6.15. The molecular weight excluding hydrogens is 314 g/mol. The normalized spacial score (nSPS) is 19.4.